The van der Waals surface area contributed by atoms with Crippen molar-refractivity contribution in [1.29, 1.82) is 0 Å². The van der Waals surface area contributed by atoms with Crippen LogP contribution in [0.5, 0.6) is 0 Å². The molecule has 0 aliphatic heterocycles. The van der Waals surface area contributed by atoms with Crippen LogP contribution in [0.4, 0.5) is 0 Å². The molecule has 80 valence electrons. The van der Waals surface area contributed by atoms with Crippen molar-refractivity contribution < 1.29 is 4.79 Å². The molecule has 0 bridgehead atoms. The minimum absolute atomic E-state index is 0.0931. The first kappa shape index (κ1) is 9.97. The topological polar surface area (TPSA) is 55.1 Å². The van der Waals surface area contributed by atoms with E-state index in [0.717, 1.165) is 19.3 Å². The second-order valence-electron chi connectivity index (χ2n) is 4.69. The molecule has 3 N–H and O–H groups in total. The van der Waals surface area contributed by atoms with Crippen molar-refractivity contribution in [2.75, 3.05) is 0 Å². The van der Waals surface area contributed by atoms with Crippen LogP contribution in [0, 0.1) is 5.92 Å². The van der Waals surface area contributed by atoms with Crippen molar-refractivity contribution in [1.82, 2.24) is 5.32 Å². The van der Waals surface area contributed by atoms with Gasteiger partial charge >= 0.3 is 0 Å². The fourth-order valence-corrected chi connectivity index (χ4v) is 2.90. The van der Waals surface area contributed by atoms with Gasteiger partial charge in [-0.2, -0.15) is 0 Å². The lowest BCUT2D eigenvalue weighted by molar-refractivity contribution is -0.122. The highest BCUT2D eigenvalue weighted by Crippen LogP contribution is 2.28. The molecule has 0 aromatic heterocycles. The molecule has 14 heavy (non-hydrogen) atoms. The van der Waals surface area contributed by atoms with Gasteiger partial charge in [0.15, 0.2) is 0 Å². The predicted molar refractivity (Wildman–Crippen MR) is 55.7 cm³/mol. The quantitative estimate of drug-likeness (QED) is 0.712. The van der Waals surface area contributed by atoms with E-state index in [9.17, 15) is 4.79 Å². The Kier molecular flexibility index (Phi) is 3.06. The molecule has 0 saturated heterocycles. The number of carbonyl (C=O) groups excluding carboxylic acids is 1. The maximum absolute atomic E-state index is 11.2. The van der Waals surface area contributed by atoms with Gasteiger partial charge in [-0.3, -0.25) is 4.79 Å². The molecule has 2 fully saturated rings. The van der Waals surface area contributed by atoms with E-state index >= 15 is 0 Å². The zero-order valence-electron chi connectivity index (χ0n) is 8.67. The Hall–Kier alpha value is -0.570. The van der Waals surface area contributed by atoms with Crippen LogP contribution in [-0.2, 0) is 4.79 Å². The van der Waals surface area contributed by atoms with Crippen molar-refractivity contribution >= 4 is 5.91 Å². The van der Waals surface area contributed by atoms with Crippen molar-refractivity contribution in [2.45, 2.75) is 57.0 Å². The van der Waals surface area contributed by atoms with Crippen LogP contribution >= 0.6 is 0 Å². The maximum atomic E-state index is 11.2. The Labute approximate surface area is 85.4 Å². The van der Waals surface area contributed by atoms with Gasteiger partial charge in [0.1, 0.15) is 0 Å². The van der Waals surface area contributed by atoms with Gasteiger partial charge in [-0.1, -0.05) is 19.3 Å². The van der Waals surface area contributed by atoms with E-state index in [1.165, 1.54) is 25.7 Å². The van der Waals surface area contributed by atoms with Gasteiger partial charge in [0.25, 0.3) is 0 Å². The highest BCUT2D eigenvalue weighted by atomic mass is 16.1. The van der Waals surface area contributed by atoms with Crippen LogP contribution in [0.15, 0.2) is 0 Å². The second kappa shape index (κ2) is 4.30. The summed E-state index contributed by atoms with van der Waals surface area (Å²) in [4.78, 5) is 11.2. The molecular formula is C11H20N2O. The van der Waals surface area contributed by atoms with Gasteiger partial charge in [-0.05, 0) is 25.7 Å². The summed E-state index contributed by atoms with van der Waals surface area (Å²) in [5.41, 5.74) is 5.38. The lowest BCUT2D eigenvalue weighted by Gasteiger charge is -2.22. The fraction of sp³-hybridized carbons (Fsp3) is 0.909. The summed E-state index contributed by atoms with van der Waals surface area (Å²) in [5.74, 6) is -0.0198. The smallest absolute Gasteiger partial charge is 0.222 e. The third-order valence-electron chi connectivity index (χ3n) is 3.69. The summed E-state index contributed by atoms with van der Waals surface area (Å²) in [6, 6.07) is 1.02. The Morgan fingerprint density at radius 3 is 2.43 bits per heavy atom. The van der Waals surface area contributed by atoms with Crippen LogP contribution in [-0.4, -0.2) is 18.0 Å². The molecule has 0 heterocycles. The number of carbonyl (C=O) groups is 1. The number of amides is 1. The van der Waals surface area contributed by atoms with Crippen LogP contribution < -0.4 is 11.1 Å². The zero-order chi connectivity index (χ0) is 9.97. The van der Waals surface area contributed by atoms with Crippen LogP contribution in [0.25, 0.3) is 0 Å². The molecule has 2 saturated carbocycles. The van der Waals surface area contributed by atoms with E-state index < -0.39 is 0 Å². The first-order valence-corrected chi connectivity index (χ1v) is 5.83. The molecule has 2 aliphatic rings. The average molecular weight is 196 g/mol. The summed E-state index contributed by atoms with van der Waals surface area (Å²) < 4.78 is 0. The summed E-state index contributed by atoms with van der Waals surface area (Å²) in [7, 11) is 0. The number of hydrogen-bond acceptors (Lipinski definition) is 2. The van der Waals surface area contributed by atoms with Crippen LogP contribution in [0.1, 0.15) is 44.9 Å². The standard InChI is InChI=1S/C11H20N2O/c12-11(14)9-6-3-7-10(9)13-8-4-1-2-5-8/h8-10,13H,1-7H2,(H2,12,14)/t9-,10+/m1/s1. The van der Waals surface area contributed by atoms with Crippen molar-refractivity contribution in [3.63, 3.8) is 0 Å². The number of nitrogens with two attached hydrogens (primary N) is 1. The molecular weight excluding hydrogens is 176 g/mol. The highest BCUT2D eigenvalue weighted by Gasteiger charge is 2.33. The highest BCUT2D eigenvalue weighted by molar-refractivity contribution is 5.77. The van der Waals surface area contributed by atoms with Crippen molar-refractivity contribution in [2.24, 2.45) is 11.7 Å². The fourth-order valence-electron chi connectivity index (χ4n) is 2.90. The van der Waals surface area contributed by atoms with Crippen molar-refractivity contribution in [3.05, 3.63) is 0 Å². The molecule has 3 heteroatoms. The molecule has 0 unspecified atom stereocenters. The average Bonchev–Trinajstić information content (AvgIpc) is 2.75. The molecule has 3 nitrogen and oxygen atoms in total. The zero-order valence-corrected chi connectivity index (χ0v) is 8.67. The van der Waals surface area contributed by atoms with Gasteiger partial charge in [-0.25, -0.2) is 0 Å². The van der Waals surface area contributed by atoms with Gasteiger partial charge in [0.05, 0.1) is 5.92 Å². The molecule has 0 aromatic rings. The van der Waals surface area contributed by atoms with Crippen molar-refractivity contribution in [3.8, 4) is 0 Å². The van der Waals surface area contributed by atoms with E-state index in [0.29, 0.717) is 12.1 Å². The number of primary amides is 1. The molecule has 0 radical (unpaired) electrons. The Morgan fingerprint density at radius 1 is 1.07 bits per heavy atom. The number of nitrogens with one attached hydrogen (secondary N) is 1. The SMILES string of the molecule is NC(=O)[C@@H]1CCC[C@@H]1NC1CCCC1. The Bertz CT molecular complexity index is 211. The second-order valence-corrected chi connectivity index (χ2v) is 4.69. The third kappa shape index (κ3) is 2.08. The van der Waals surface area contributed by atoms with Crippen LogP contribution in [0.2, 0.25) is 0 Å². The van der Waals surface area contributed by atoms with Gasteiger partial charge in [0, 0.05) is 12.1 Å². The minimum Gasteiger partial charge on any atom is -0.369 e. The Balaban J connectivity index is 1.86. The lowest BCUT2D eigenvalue weighted by atomic mass is 10.0. The van der Waals surface area contributed by atoms with Gasteiger partial charge in [0.2, 0.25) is 5.91 Å². The maximum Gasteiger partial charge on any atom is 0.222 e. The molecule has 0 aromatic carbocycles. The summed E-state index contributed by atoms with van der Waals surface area (Å²) in [6.07, 6.45) is 8.50. The Morgan fingerprint density at radius 2 is 1.79 bits per heavy atom. The monoisotopic (exact) mass is 196 g/mol. The summed E-state index contributed by atoms with van der Waals surface area (Å²) in [6.45, 7) is 0. The van der Waals surface area contributed by atoms with E-state index in [4.69, 9.17) is 5.73 Å². The molecule has 2 rings (SSSR count). The normalized spacial score (nSPS) is 33.7. The van der Waals surface area contributed by atoms with E-state index in [-0.39, 0.29) is 11.8 Å². The molecule has 2 atom stereocenters. The van der Waals surface area contributed by atoms with Crippen LogP contribution in [0.3, 0.4) is 0 Å². The van der Waals surface area contributed by atoms with E-state index in [1.807, 2.05) is 0 Å². The molecule has 0 spiro atoms. The molecule has 1 amide bonds. The largest absolute Gasteiger partial charge is 0.369 e. The first-order chi connectivity index (χ1) is 6.77. The summed E-state index contributed by atoms with van der Waals surface area (Å²) in [5, 5.41) is 3.61. The first-order valence-electron chi connectivity index (χ1n) is 5.83. The minimum atomic E-state index is -0.113. The van der Waals surface area contributed by atoms with Gasteiger partial charge in [-0.15, -0.1) is 0 Å². The van der Waals surface area contributed by atoms with E-state index in [2.05, 4.69) is 5.32 Å². The number of hydrogen-bond donors (Lipinski definition) is 2. The summed E-state index contributed by atoms with van der Waals surface area (Å²) >= 11 is 0. The molecule has 2 aliphatic carbocycles. The van der Waals surface area contributed by atoms with E-state index in [1.54, 1.807) is 0 Å². The lowest BCUT2D eigenvalue weighted by Crippen LogP contribution is -2.43. The number of rotatable bonds is 3. The van der Waals surface area contributed by atoms with Gasteiger partial charge < -0.3 is 11.1 Å². The third-order valence-corrected chi connectivity index (χ3v) is 3.69. The predicted octanol–water partition coefficient (Wildman–Crippen LogP) is 1.17.